The molecule has 0 heterocycles. The first-order chi connectivity index (χ1) is 12.7. The summed E-state index contributed by atoms with van der Waals surface area (Å²) in [5.74, 6) is 1.40. The number of nitrogens with zero attached hydrogens (tertiary/aromatic N) is 1. The second kappa shape index (κ2) is 8.24. The molecule has 3 rings (SSSR count). The Morgan fingerprint density at radius 2 is 1.88 bits per heavy atom. The number of rotatable bonds is 5. The summed E-state index contributed by atoms with van der Waals surface area (Å²) in [4.78, 5) is 0. The van der Waals surface area contributed by atoms with Crippen LogP contribution in [0.4, 0.5) is 0 Å². The van der Waals surface area contributed by atoms with Crippen LogP contribution < -0.4 is 9.47 Å². The van der Waals surface area contributed by atoms with E-state index in [2.05, 4.69) is 40.8 Å². The number of halogens is 1. The van der Waals surface area contributed by atoms with Crippen molar-refractivity contribution in [3.8, 4) is 17.6 Å². The van der Waals surface area contributed by atoms with Crippen LogP contribution in [-0.4, -0.2) is 13.7 Å². The molecule has 130 valence electrons. The Bertz CT molecular complexity index is 1020. The topological polar surface area (TPSA) is 42.2 Å². The lowest BCUT2D eigenvalue weighted by Gasteiger charge is -2.12. The molecule has 0 aliphatic carbocycles. The minimum atomic E-state index is 0.551. The zero-order chi connectivity index (χ0) is 18.5. The molecule has 3 nitrogen and oxygen atoms in total. The van der Waals surface area contributed by atoms with E-state index < -0.39 is 0 Å². The van der Waals surface area contributed by atoms with Gasteiger partial charge in [0.25, 0.3) is 0 Å². The molecule has 0 unspecified atom stereocenters. The van der Waals surface area contributed by atoms with Gasteiger partial charge < -0.3 is 9.47 Å². The quantitative estimate of drug-likeness (QED) is 0.273. The van der Waals surface area contributed by atoms with Crippen LogP contribution in [0.15, 0.2) is 54.6 Å². The third-order valence-corrected chi connectivity index (χ3v) is 4.83. The molecule has 0 atom stereocenters. The molecule has 0 aliphatic heterocycles. The Kier molecular flexibility index (Phi) is 5.79. The van der Waals surface area contributed by atoms with Crippen molar-refractivity contribution < 1.29 is 9.47 Å². The van der Waals surface area contributed by atoms with Crippen LogP contribution in [0.1, 0.15) is 18.1 Å². The van der Waals surface area contributed by atoms with E-state index in [4.69, 9.17) is 9.47 Å². The lowest BCUT2D eigenvalue weighted by atomic mass is 10.00. The summed E-state index contributed by atoms with van der Waals surface area (Å²) < 4.78 is 12.1. The van der Waals surface area contributed by atoms with Gasteiger partial charge in [-0.2, -0.15) is 5.26 Å². The highest BCUT2D eigenvalue weighted by molar-refractivity contribution is 14.1. The van der Waals surface area contributed by atoms with Crippen LogP contribution in [0.25, 0.3) is 22.4 Å². The van der Waals surface area contributed by atoms with Gasteiger partial charge >= 0.3 is 0 Å². The monoisotopic (exact) mass is 455 g/mol. The predicted molar refractivity (Wildman–Crippen MR) is 114 cm³/mol. The van der Waals surface area contributed by atoms with E-state index in [-0.39, 0.29) is 0 Å². The molecule has 0 spiro atoms. The van der Waals surface area contributed by atoms with Gasteiger partial charge in [-0.15, -0.1) is 0 Å². The zero-order valence-electron chi connectivity index (χ0n) is 14.6. The summed E-state index contributed by atoms with van der Waals surface area (Å²) in [6.07, 6.45) is 1.88. The van der Waals surface area contributed by atoms with Crippen LogP contribution >= 0.6 is 22.6 Å². The summed E-state index contributed by atoms with van der Waals surface area (Å²) in [5.41, 5.74) is 2.41. The molecule has 3 aromatic carbocycles. The van der Waals surface area contributed by atoms with Gasteiger partial charge in [0.1, 0.15) is 0 Å². The molecule has 0 amide bonds. The fourth-order valence-corrected chi connectivity index (χ4v) is 3.68. The lowest BCUT2D eigenvalue weighted by Crippen LogP contribution is -1.98. The minimum absolute atomic E-state index is 0.551. The van der Waals surface area contributed by atoms with Gasteiger partial charge in [0.05, 0.1) is 28.9 Å². The van der Waals surface area contributed by atoms with Gasteiger partial charge in [-0.3, -0.25) is 0 Å². The number of benzene rings is 3. The summed E-state index contributed by atoms with van der Waals surface area (Å²) in [5, 5.41) is 12.0. The summed E-state index contributed by atoms with van der Waals surface area (Å²) in [6, 6.07) is 20.4. The number of ether oxygens (including phenoxy) is 2. The highest BCUT2D eigenvalue weighted by Gasteiger charge is 2.11. The maximum atomic E-state index is 9.68. The van der Waals surface area contributed by atoms with Crippen LogP contribution in [0.3, 0.4) is 0 Å². The number of allylic oxidation sites excluding steroid dienone is 1. The van der Waals surface area contributed by atoms with Crippen molar-refractivity contribution >= 4 is 45.0 Å². The first-order valence-corrected chi connectivity index (χ1v) is 9.35. The van der Waals surface area contributed by atoms with Gasteiger partial charge in [0.2, 0.25) is 0 Å². The molecule has 0 fully saturated rings. The largest absolute Gasteiger partial charge is 0.492 e. The second-order valence-corrected chi connectivity index (χ2v) is 6.86. The van der Waals surface area contributed by atoms with E-state index in [9.17, 15) is 5.26 Å². The molecule has 0 bridgehead atoms. The molecule has 3 aromatic rings. The average Bonchev–Trinajstić information content (AvgIpc) is 2.66. The predicted octanol–water partition coefficient (Wildman–Crippen LogP) is 5.92. The molecular weight excluding hydrogens is 437 g/mol. The fraction of sp³-hybridized carbons (Fsp3) is 0.136. The molecular formula is C22H18INO2. The number of fused-ring (bicyclic) bond motifs is 1. The van der Waals surface area contributed by atoms with Gasteiger partial charge in [0.15, 0.2) is 11.5 Å². The van der Waals surface area contributed by atoms with Gasteiger partial charge in [-0.1, -0.05) is 36.4 Å². The number of hydrogen-bond donors (Lipinski definition) is 0. The summed E-state index contributed by atoms with van der Waals surface area (Å²) in [6.45, 7) is 2.49. The van der Waals surface area contributed by atoms with E-state index in [1.54, 1.807) is 7.11 Å². The Morgan fingerprint density at radius 3 is 2.58 bits per heavy atom. The van der Waals surface area contributed by atoms with E-state index in [0.29, 0.717) is 23.7 Å². The van der Waals surface area contributed by atoms with Gasteiger partial charge in [-0.05, 0) is 75.7 Å². The SMILES string of the molecule is CCOc1cc(/C=C(/C#N)c2ccc3ccccc3c2)cc(I)c1OC. The van der Waals surface area contributed by atoms with Crippen molar-refractivity contribution in [3.05, 3.63) is 69.3 Å². The van der Waals surface area contributed by atoms with Crippen molar-refractivity contribution in [1.82, 2.24) is 0 Å². The van der Waals surface area contributed by atoms with E-state index in [1.165, 1.54) is 0 Å². The van der Waals surface area contributed by atoms with Crippen molar-refractivity contribution in [2.45, 2.75) is 6.92 Å². The van der Waals surface area contributed by atoms with Gasteiger partial charge in [-0.25, -0.2) is 0 Å². The smallest absolute Gasteiger partial charge is 0.174 e. The Morgan fingerprint density at radius 1 is 1.12 bits per heavy atom. The Labute approximate surface area is 167 Å². The first kappa shape index (κ1) is 18.3. The van der Waals surface area contributed by atoms with Crippen molar-refractivity contribution in [3.63, 3.8) is 0 Å². The molecule has 0 aromatic heterocycles. The normalized spacial score (nSPS) is 11.2. The fourth-order valence-electron chi connectivity index (χ4n) is 2.84. The molecule has 0 aliphatic rings. The molecule has 0 radical (unpaired) electrons. The third kappa shape index (κ3) is 3.83. The number of methoxy groups -OCH3 is 1. The maximum Gasteiger partial charge on any atom is 0.174 e. The van der Waals surface area contributed by atoms with Gasteiger partial charge in [0, 0.05) is 0 Å². The first-order valence-electron chi connectivity index (χ1n) is 8.27. The molecule has 26 heavy (non-hydrogen) atoms. The van der Waals surface area contributed by atoms with Crippen LogP contribution in [0.5, 0.6) is 11.5 Å². The average molecular weight is 455 g/mol. The molecule has 4 heteroatoms. The standard InChI is InChI=1S/C22H18INO2/c1-3-26-21-12-15(11-20(23)22(21)25-2)10-19(14-24)18-9-8-16-6-4-5-7-17(16)13-18/h4-13H,3H2,1-2H3/b19-10-. The zero-order valence-corrected chi connectivity index (χ0v) is 16.8. The molecule has 0 N–H and O–H groups in total. The van der Waals surface area contributed by atoms with Crippen molar-refractivity contribution in [2.75, 3.05) is 13.7 Å². The minimum Gasteiger partial charge on any atom is -0.492 e. The van der Waals surface area contributed by atoms with Crippen LogP contribution in [-0.2, 0) is 0 Å². The Balaban J connectivity index is 2.07. The van der Waals surface area contributed by atoms with Crippen LogP contribution in [0, 0.1) is 14.9 Å². The van der Waals surface area contributed by atoms with E-state index in [0.717, 1.165) is 25.5 Å². The maximum absolute atomic E-state index is 9.68. The van der Waals surface area contributed by atoms with Crippen molar-refractivity contribution in [1.29, 1.82) is 5.26 Å². The Hall–Kier alpha value is -2.52. The van der Waals surface area contributed by atoms with E-state index >= 15 is 0 Å². The third-order valence-electron chi connectivity index (χ3n) is 4.03. The second-order valence-electron chi connectivity index (χ2n) is 5.70. The highest BCUT2D eigenvalue weighted by atomic mass is 127. The lowest BCUT2D eigenvalue weighted by molar-refractivity contribution is 0.309. The number of nitriles is 1. The van der Waals surface area contributed by atoms with E-state index in [1.807, 2.05) is 55.5 Å². The molecule has 0 saturated heterocycles. The van der Waals surface area contributed by atoms with Crippen LogP contribution in [0.2, 0.25) is 0 Å². The number of hydrogen-bond acceptors (Lipinski definition) is 3. The summed E-state index contributed by atoms with van der Waals surface area (Å²) in [7, 11) is 1.63. The molecule has 0 saturated carbocycles. The highest BCUT2D eigenvalue weighted by Crippen LogP contribution is 2.35. The summed E-state index contributed by atoms with van der Waals surface area (Å²) >= 11 is 2.22. The van der Waals surface area contributed by atoms with Crippen molar-refractivity contribution in [2.24, 2.45) is 0 Å².